The number of rotatable bonds is 17. The van der Waals surface area contributed by atoms with Crippen molar-refractivity contribution >= 4 is 57.3 Å². The van der Waals surface area contributed by atoms with E-state index in [4.69, 9.17) is 17.2 Å². The Morgan fingerprint density at radius 2 is 1.09 bits per heavy atom. The Kier molecular flexibility index (Phi) is 11.3. The maximum atomic E-state index is 13.8. The quantitative estimate of drug-likeness (QED) is 0.0741. The average Bonchev–Trinajstić information content (AvgIpc) is 3.64. The van der Waals surface area contributed by atoms with Crippen LogP contribution in [0.3, 0.4) is 0 Å². The molecule has 47 heavy (non-hydrogen) atoms. The minimum absolute atomic E-state index is 0.0423. The van der Waals surface area contributed by atoms with Crippen LogP contribution in [0.25, 0.3) is 21.8 Å². The van der Waals surface area contributed by atoms with Gasteiger partial charge in [0.05, 0.1) is 6.04 Å². The van der Waals surface area contributed by atoms with Crippen LogP contribution in [0.4, 0.5) is 0 Å². The number of para-hydroxylation sites is 2. The van der Waals surface area contributed by atoms with Gasteiger partial charge in [-0.2, -0.15) is 0 Å². The molecule has 4 rings (SSSR count). The molecular weight excluding hydrogens is 608 g/mol. The number of carbonyl (C=O) groups is 6. The Bertz CT molecular complexity index is 1780. The van der Waals surface area contributed by atoms with E-state index in [2.05, 4.69) is 25.9 Å². The zero-order valence-corrected chi connectivity index (χ0v) is 25.5. The molecule has 0 aliphatic heterocycles. The van der Waals surface area contributed by atoms with Gasteiger partial charge in [-0.05, 0) is 36.1 Å². The molecule has 2 heterocycles. The summed E-state index contributed by atoms with van der Waals surface area (Å²) in [5.74, 6) is -5.06. The van der Waals surface area contributed by atoms with Crippen molar-refractivity contribution < 1.29 is 33.9 Å². The van der Waals surface area contributed by atoms with Crippen LogP contribution in [0.1, 0.15) is 36.8 Å². The summed E-state index contributed by atoms with van der Waals surface area (Å²) >= 11 is 0. The first-order chi connectivity index (χ1) is 22.4. The molecule has 4 atom stereocenters. The second-order valence-electron chi connectivity index (χ2n) is 11.3. The Hall–Kier alpha value is -5.70. The van der Waals surface area contributed by atoms with Gasteiger partial charge in [0, 0.05) is 59.9 Å². The topological polar surface area (TPSA) is 268 Å². The fraction of sp³-hybridized carbons (Fsp3) is 0.312. The SMILES string of the molecule is NC(=O)CCC(N)C(=O)NC(CCC(N)=O)C(=O)NC(Cc1c[nH]c2ccccc12)C(=O)NC(Cc1c[nH]c2ccccc12)C(=O)O. The molecule has 248 valence electrons. The highest BCUT2D eigenvalue weighted by atomic mass is 16.4. The number of H-pyrrole nitrogens is 2. The lowest BCUT2D eigenvalue weighted by Gasteiger charge is -2.25. The fourth-order valence-corrected chi connectivity index (χ4v) is 5.26. The van der Waals surface area contributed by atoms with Gasteiger partial charge in [0.1, 0.15) is 18.1 Å². The third-order valence-corrected chi connectivity index (χ3v) is 7.80. The zero-order chi connectivity index (χ0) is 34.1. The lowest BCUT2D eigenvalue weighted by atomic mass is 10.0. The summed E-state index contributed by atoms with van der Waals surface area (Å²) in [6.45, 7) is 0. The predicted molar refractivity (Wildman–Crippen MR) is 172 cm³/mol. The van der Waals surface area contributed by atoms with E-state index in [9.17, 15) is 33.9 Å². The van der Waals surface area contributed by atoms with Gasteiger partial charge in [-0.15, -0.1) is 0 Å². The zero-order valence-electron chi connectivity index (χ0n) is 25.5. The van der Waals surface area contributed by atoms with E-state index in [-0.39, 0.29) is 38.5 Å². The number of fused-ring (bicyclic) bond motifs is 2. The van der Waals surface area contributed by atoms with Crippen molar-refractivity contribution in [3.8, 4) is 0 Å². The summed E-state index contributed by atoms with van der Waals surface area (Å²) in [5.41, 5.74) is 19.2. The number of benzene rings is 2. The number of carbonyl (C=O) groups excluding carboxylic acids is 5. The first kappa shape index (κ1) is 34.2. The number of carboxylic acid groups (broad SMARTS) is 1. The van der Waals surface area contributed by atoms with Gasteiger partial charge in [-0.25, -0.2) is 4.79 Å². The molecule has 0 bridgehead atoms. The highest BCUT2D eigenvalue weighted by molar-refractivity contribution is 5.95. The van der Waals surface area contributed by atoms with Crippen LogP contribution in [-0.4, -0.2) is 74.7 Å². The van der Waals surface area contributed by atoms with Crippen LogP contribution >= 0.6 is 0 Å². The van der Waals surface area contributed by atoms with Crippen molar-refractivity contribution in [1.29, 1.82) is 0 Å². The van der Waals surface area contributed by atoms with E-state index in [1.165, 1.54) is 0 Å². The number of aliphatic carboxylic acids is 1. The molecule has 0 saturated heterocycles. The van der Waals surface area contributed by atoms with E-state index in [0.717, 1.165) is 21.8 Å². The summed E-state index contributed by atoms with van der Waals surface area (Å²) in [6, 6.07) is 9.48. The highest BCUT2D eigenvalue weighted by Crippen LogP contribution is 2.21. The van der Waals surface area contributed by atoms with Gasteiger partial charge in [0.25, 0.3) is 0 Å². The van der Waals surface area contributed by atoms with Gasteiger partial charge in [-0.3, -0.25) is 24.0 Å². The fourth-order valence-electron chi connectivity index (χ4n) is 5.26. The first-order valence-electron chi connectivity index (χ1n) is 15.0. The smallest absolute Gasteiger partial charge is 0.326 e. The number of nitrogens with one attached hydrogen (secondary N) is 5. The summed E-state index contributed by atoms with van der Waals surface area (Å²) in [7, 11) is 0. The average molecular weight is 647 g/mol. The molecule has 0 aliphatic carbocycles. The predicted octanol–water partition coefficient (Wildman–Crippen LogP) is -0.168. The molecule has 12 N–H and O–H groups in total. The summed E-state index contributed by atoms with van der Waals surface area (Å²) in [4.78, 5) is 81.4. The lowest BCUT2D eigenvalue weighted by Crippen LogP contribution is -2.58. The molecule has 0 spiro atoms. The van der Waals surface area contributed by atoms with Crippen molar-refractivity contribution in [3.05, 3.63) is 72.1 Å². The van der Waals surface area contributed by atoms with E-state index in [1.807, 2.05) is 48.5 Å². The van der Waals surface area contributed by atoms with Crippen molar-refractivity contribution in [2.24, 2.45) is 17.2 Å². The van der Waals surface area contributed by atoms with Gasteiger partial charge in [0.15, 0.2) is 0 Å². The molecule has 0 fully saturated rings. The molecule has 5 amide bonds. The van der Waals surface area contributed by atoms with Crippen LogP contribution in [0, 0.1) is 0 Å². The molecule has 2 aromatic carbocycles. The maximum Gasteiger partial charge on any atom is 0.326 e. The Morgan fingerprint density at radius 1 is 0.638 bits per heavy atom. The molecule has 4 aromatic rings. The largest absolute Gasteiger partial charge is 0.480 e. The van der Waals surface area contributed by atoms with Gasteiger partial charge >= 0.3 is 5.97 Å². The highest BCUT2D eigenvalue weighted by Gasteiger charge is 2.31. The number of hydrogen-bond acceptors (Lipinski definition) is 7. The molecule has 0 aliphatic rings. The number of carboxylic acids is 1. The van der Waals surface area contributed by atoms with Crippen molar-refractivity contribution in [2.75, 3.05) is 0 Å². The summed E-state index contributed by atoms with van der Waals surface area (Å²) < 4.78 is 0. The van der Waals surface area contributed by atoms with Gasteiger partial charge in [0.2, 0.25) is 29.5 Å². The van der Waals surface area contributed by atoms with Gasteiger partial charge in [-0.1, -0.05) is 36.4 Å². The third kappa shape index (κ3) is 9.17. The maximum absolute atomic E-state index is 13.8. The third-order valence-electron chi connectivity index (χ3n) is 7.80. The van der Waals surface area contributed by atoms with Crippen molar-refractivity contribution in [1.82, 2.24) is 25.9 Å². The number of hydrogen-bond donors (Lipinski definition) is 9. The minimum atomic E-state index is -1.35. The number of primary amides is 2. The Balaban J connectivity index is 1.58. The molecule has 2 aromatic heterocycles. The van der Waals surface area contributed by atoms with Crippen LogP contribution in [0.5, 0.6) is 0 Å². The Labute approximate surface area is 269 Å². The molecule has 15 heteroatoms. The van der Waals surface area contributed by atoms with E-state index in [1.54, 1.807) is 12.4 Å². The second-order valence-corrected chi connectivity index (χ2v) is 11.3. The normalized spacial score (nSPS) is 13.7. The second kappa shape index (κ2) is 15.5. The molecule has 4 unspecified atom stereocenters. The van der Waals surface area contributed by atoms with E-state index >= 15 is 0 Å². The Morgan fingerprint density at radius 3 is 1.62 bits per heavy atom. The van der Waals surface area contributed by atoms with Crippen molar-refractivity contribution in [3.63, 3.8) is 0 Å². The van der Waals surface area contributed by atoms with E-state index < -0.39 is 59.7 Å². The van der Waals surface area contributed by atoms with Gasteiger partial charge < -0.3 is 48.2 Å². The number of aromatic amines is 2. The number of aromatic nitrogens is 2. The van der Waals surface area contributed by atoms with Crippen molar-refractivity contribution in [2.45, 2.75) is 62.7 Å². The van der Waals surface area contributed by atoms with Crippen LogP contribution in [0.15, 0.2) is 60.9 Å². The summed E-state index contributed by atoms with van der Waals surface area (Å²) in [5, 5.41) is 19.3. The van der Waals surface area contributed by atoms with Crippen LogP contribution in [0.2, 0.25) is 0 Å². The van der Waals surface area contributed by atoms with E-state index in [0.29, 0.717) is 11.1 Å². The van der Waals surface area contributed by atoms with Crippen LogP contribution in [-0.2, 0) is 41.6 Å². The monoisotopic (exact) mass is 646 g/mol. The molecular formula is C32H38N8O7. The summed E-state index contributed by atoms with van der Waals surface area (Å²) in [6.07, 6.45) is 2.54. The molecule has 15 nitrogen and oxygen atoms in total. The van der Waals surface area contributed by atoms with Crippen LogP contribution < -0.4 is 33.2 Å². The number of nitrogens with two attached hydrogens (primary N) is 3. The minimum Gasteiger partial charge on any atom is -0.480 e. The first-order valence-corrected chi connectivity index (χ1v) is 15.0. The lowest BCUT2D eigenvalue weighted by molar-refractivity contribution is -0.142. The standard InChI is InChI=1S/C32H38N8O7/c33-21(9-11-27(34)41)29(43)38-24(10-12-28(35)42)30(44)39-25(13-17-15-36-22-7-3-1-5-19(17)22)31(45)40-26(32(46)47)14-18-16-37-23-8-4-2-6-20(18)23/h1-8,15-16,21,24-26,36-37H,9-14,33H2,(H2,34,41)(H2,35,42)(H,38,43)(H,39,44)(H,40,45)(H,46,47). The molecule has 0 saturated carbocycles. The molecule has 0 radical (unpaired) electrons. The number of amides is 5.